The van der Waals surface area contributed by atoms with Crippen LogP contribution in [0.25, 0.3) is 0 Å². The van der Waals surface area contributed by atoms with Gasteiger partial charge in [0, 0.05) is 25.8 Å². The fourth-order valence-electron chi connectivity index (χ4n) is 1.71. The number of anilines is 1. The number of hydrogen-bond donors (Lipinski definition) is 0. The molecule has 1 fully saturated rings. The van der Waals surface area contributed by atoms with Crippen LogP contribution < -0.4 is 4.90 Å². The van der Waals surface area contributed by atoms with Gasteiger partial charge in [0.15, 0.2) is 6.29 Å². The van der Waals surface area contributed by atoms with Crippen LogP contribution in [0.2, 0.25) is 0 Å². The average molecular weight is 238 g/mol. The molecule has 2 rings (SSSR count). The summed E-state index contributed by atoms with van der Waals surface area (Å²) in [6, 6.07) is 5.03. The van der Waals surface area contributed by atoms with Crippen molar-refractivity contribution in [3.05, 3.63) is 33.9 Å². The van der Waals surface area contributed by atoms with Crippen LogP contribution in [0.4, 0.5) is 11.4 Å². The second-order valence-corrected chi connectivity index (χ2v) is 3.97. The Morgan fingerprint density at radius 1 is 1.35 bits per heavy atom. The van der Waals surface area contributed by atoms with Crippen molar-refractivity contribution in [1.82, 2.24) is 0 Å². The molecule has 1 heterocycles. The molecule has 1 aromatic carbocycles. The largest absolute Gasteiger partial charge is 0.377 e. The maximum atomic E-state index is 11.0. The highest BCUT2D eigenvalue weighted by atomic mass is 16.7. The van der Waals surface area contributed by atoms with Crippen molar-refractivity contribution in [2.75, 3.05) is 32.2 Å². The summed E-state index contributed by atoms with van der Waals surface area (Å²) in [5.74, 6) is 0. The second-order valence-electron chi connectivity index (χ2n) is 3.97. The van der Waals surface area contributed by atoms with E-state index in [-0.39, 0.29) is 5.69 Å². The minimum absolute atomic E-state index is 0.0306. The third kappa shape index (κ3) is 2.37. The molecule has 0 aliphatic carbocycles. The summed E-state index contributed by atoms with van der Waals surface area (Å²) in [6.07, 6.45) is -0.619. The van der Waals surface area contributed by atoms with Gasteiger partial charge in [-0.25, -0.2) is 0 Å². The number of nitrogens with zero attached hydrogens (tertiary/aromatic N) is 2. The van der Waals surface area contributed by atoms with Crippen molar-refractivity contribution in [3.8, 4) is 0 Å². The lowest BCUT2D eigenvalue weighted by Gasteiger charge is -2.15. The molecule has 1 aromatic rings. The van der Waals surface area contributed by atoms with E-state index in [9.17, 15) is 10.1 Å². The molecular formula is C11H14N2O4. The molecule has 0 aromatic heterocycles. The maximum absolute atomic E-state index is 11.0. The molecule has 0 unspecified atom stereocenters. The molecule has 1 saturated heterocycles. The van der Waals surface area contributed by atoms with Crippen LogP contribution in [0.5, 0.6) is 0 Å². The van der Waals surface area contributed by atoms with Gasteiger partial charge in [-0.1, -0.05) is 0 Å². The van der Waals surface area contributed by atoms with Gasteiger partial charge in [-0.05, 0) is 12.1 Å². The summed E-state index contributed by atoms with van der Waals surface area (Å²) in [5, 5.41) is 11.0. The van der Waals surface area contributed by atoms with E-state index in [0.29, 0.717) is 18.8 Å². The van der Waals surface area contributed by atoms with Crippen molar-refractivity contribution in [2.45, 2.75) is 6.29 Å². The monoisotopic (exact) mass is 238 g/mol. The van der Waals surface area contributed by atoms with Crippen LogP contribution >= 0.6 is 0 Å². The molecule has 0 spiro atoms. The fraction of sp³-hybridized carbons (Fsp3) is 0.455. The Labute approximate surface area is 98.9 Å². The van der Waals surface area contributed by atoms with E-state index >= 15 is 0 Å². The van der Waals surface area contributed by atoms with Gasteiger partial charge >= 0.3 is 0 Å². The molecule has 0 N–H and O–H groups in total. The Morgan fingerprint density at radius 2 is 2.00 bits per heavy atom. The van der Waals surface area contributed by atoms with Crippen LogP contribution in [-0.4, -0.2) is 32.2 Å². The normalized spacial score (nSPS) is 16.1. The minimum Gasteiger partial charge on any atom is -0.377 e. The Hall–Kier alpha value is -1.66. The van der Waals surface area contributed by atoms with Gasteiger partial charge in [0.2, 0.25) is 0 Å². The lowest BCUT2D eigenvalue weighted by molar-refractivity contribution is -0.386. The molecule has 17 heavy (non-hydrogen) atoms. The Balaban J connectivity index is 2.40. The summed E-state index contributed by atoms with van der Waals surface area (Å²) in [7, 11) is 3.67. The maximum Gasteiger partial charge on any atom is 0.279 e. The van der Waals surface area contributed by atoms with Gasteiger partial charge in [0.1, 0.15) is 0 Å². The molecule has 6 nitrogen and oxygen atoms in total. The number of nitro groups is 1. The quantitative estimate of drug-likeness (QED) is 0.592. The van der Waals surface area contributed by atoms with Crippen molar-refractivity contribution in [1.29, 1.82) is 0 Å². The summed E-state index contributed by atoms with van der Waals surface area (Å²) >= 11 is 0. The Morgan fingerprint density at radius 3 is 2.53 bits per heavy atom. The molecule has 1 aliphatic rings. The molecule has 1 aliphatic heterocycles. The summed E-state index contributed by atoms with van der Waals surface area (Å²) < 4.78 is 10.6. The molecule has 0 amide bonds. The van der Waals surface area contributed by atoms with E-state index in [1.165, 1.54) is 6.07 Å². The molecular weight excluding hydrogens is 224 g/mol. The summed E-state index contributed by atoms with van der Waals surface area (Å²) in [5.41, 5.74) is 1.28. The predicted octanol–water partition coefficient (Wildman–Crippen LogP) is 1.71. The highest BCUT2D eigenvalue weighted by Crippen LogP contribution is 2.33. The highest BCUT2D eigenvalue weighted by Gasteiger charge is 2.27. The second kappa shape index (κ2) is 4.68. The topological polar surface area (TPSA) is 64.8 Å². The van der Waals surface area contributed by atoms with Gasteiger partial charge in [0.25, 0.3) is 5.69 Å². The molecule has 0 atom stereocenters. The standard InChI is InChI=1S/C11H14N2O4/c1-12(2)8-3-4-9(10(7-8)13(14)15)11-16-5-6-17-11/h3-4,7,11H,5-6H2,1-2H3. The van der Waals surface area contributed by atoms with E-state index in [4.69, 9.17) is 9.47 Å². The average Bonchev–Trinajstić information content (AvgIpc) is 2.81. The van der Waals surface area contributed by atoms with E-state index < -0.39 is 11.2 Å². The van der Waals surface area contributed by atoms with Crippen molar-refractivity contribution in [2.24, 2.45) is 0 Å². The highest BCUT2D eigenvalue weighted by molar-refractivity contribution is 5.56. The van der Waals surface area contributed by atoms with Crippen LogP contribution in [-0.2, 0) is 9.47 Å². The zero-order valence-electron chi connectivity index (χ0n) is 9.75. The Kier molecular flexibility index (Phi) is 3.26. The third-order valence-electron chi connectivity index (χ3n) is 2.60. The molecule has 6 heteroatoms. The first-order valence-electron chi connectivity index (χ1n) is 5.28. The van der Waals surface area contributed by atoms with E-state index in [1.807, 2.05) is 25.1 Å². The van der Waals surface area contributed by atoms with Gasteiger partial charge in [-0.2, -0.15) is 0 Å². The van der Waals surface area contributed by atoms with Crippen LogP contribution in [0.15, 0.2) is 18.2 Å². The predicted molar refractivity (Wildman–Crippen MR) is 62.1 cm³/mol. The fourth-order valence-corrected chi connectivity index (χ4v) is 1.71. The van der Waals surface area contributed by atoms with Gasteiger partial charge in [-0.15, -0.1) is 0 Å². The number of hydrogen-bond acceptors (Lipinski definition) is 5. The zero-order chi connectivity index (χ0) is 12.4. The summed E-state index contributed by atoms with van der Waals surface area (Å²) in [6.45, 7) is 0.939. The first-order chi connectivity index (χ1) is 8.09. The molecule has 0 saturated carbocycles. The third-order valence-corrected chi connectivity index (χ3v) is 2.60. The van der Waals surface area contributed by atoms with Crippen molar-refractivity contribution < 1.29 is 14.4 Å². The van der Waals surface area contributed by atoms with Crippen LogP contribution in [0.1, 0.15) is 11.9 Å². The lowest BCUT2D eigenvalue weighted by Crippen LogP contribution is -2.10. The van der Waals surface area contributed by atoms with E-state index in [0.717, 1.165) is 5.69 Å². The van der Waals surface area contributed by atoms with Crippen molar-refractivity contribution in [3.63, 3.8) is 0 Å². The van der Waals surface area contributed by atoms with E-state index in [2.05, 4.69) is 0 Å². The minimum atomic E-state index is -0.619. The number of rotatable bonds is 3. The molecule has 0 radical (unpaired) electrons. The van der Waals surface area contributed by atoms with Crippen molar-refractivity contribution >= 4 is 11.4 Å². The first kappa shape index (κ1) is 11.8. The Bertz CT molecular complexity index is 427. The smallest absolute Gasteiger partial charge is 0.279 e. The van der Waals surface area contributed by atoms with Crippen LogP contribution in [0, 0.1) is 10.1 Å². The summed E-state index contributed by atoms with van der Waals surface area (Å²) in [4.78, 5) is 12.4. The van der Waals surface area contributed by atoms with Gasteiger partial charge < -0.3 is 14.4 Å². The SMILES string of the molecule is CN(C)c1ccc(C2OCCO2)c([N+](=O)[O-])c1. The first-order valence-corrected chi connectivity index (χ1v) is 5.28. The van der Waals surface area contributed by atoms with Gasteiger partial charge in [0.05, 0.1) is 23.7 Å². The van der Waals surface area contributed by atoms with E-state index in [1.54, 1.807) is 6.07 Å². The van der Waals surface area contributed by atoms with Gasteiger partial charge in [-0.3, -0.25) is 10.1 Å². The number of benzene rings is 1. The number of nitro benzene ring substituents is 1. The van der Waals surface area contributed by atoms with Crippen LogP contribution in [0.3, 0.4) is 0 Å². The molecule has 92 valence electrons. The zero-order valence-corrected chi connectivity index (χ0v) is 9.75. The lowest BCUT2D eigenvalue weighted by atomic mass is 10.1. The number of ether oxygens (including phenoxy) is 2. The molecule has 0 bridgehead atoms.